The Morgan fingerprint density at radius 1 is 1.11 bits per heavy atom. The van der Waals surface area contributed by atoms with Crippen molar-refractivity contribution in [3.63, 3.8) is 0 Å². The summed E-state index contributed by atoms with van der Waals surface area (Å²) in [5.41, 5.74) is 1.21. The van der Waals surface area contributed by atoms with Crippen molar-refractivity contribution in [3.05, 3.63) is 54.1 Å². The minimum Gasteiger partial charge on any atom is -0.491 e. The molecule has 0 N–H and O–H groups in total. The Morgan fingerprint density at radius 3 is 2.46 bits per heavy atom. The quantitative estimate of drug-likeness (QED) is 0.555. The van der Waals surface area contributed by atoms with E-state index in [-0.39, 0.29) is 18.6 Å². The number of carbonyl (C=O) groups is 2. The first kappa shape index (κ1) is 19.8. The number of amides is 1. The Labute approximate surface area is 167 Å². The number of aromatic nitrogens is 1. The maximum absolute atomic E-state index is 12.6. The molecule has 0 spiro atoms. The molecular weight excluding hydrogens is 376 g/mol. The SMILES string of the molecule is CCN(C(=O)COC(=O)c1ccc(OC(C)C)cc1)c1nc2ccccc2s1. The molecule has 0 atom stereocenters. The van der Waals surface area contributed by atoms with Crippen LogP contribution in [0.15, 0.2) is 48.5 Å². The van der Waals surface area contributed by atoms with Crippen LogP contribution in [-0.4, -0.2) is 36.1 Å². The molecule has 0 unspecified atom stereocenters. The lowest BCUT2D eigenvalue weighted by atomic mass is 10.2. The van der Waals surface area contributed by atoms with Crippen LogP contribution in [0.3, 0.4) is 0 Å². The van der Waals surface area contributed by atoms with Gasteiger partial charge in [-0.05, 0) is 57.2 Å². The fourth-order valence-corrected chi connectivity index (χ4v) is 3.67. The van der Waals surface area contributed by atoms with Crippen LogP contribution in [0.25, 0.3) is 10.2 Å². The molecule has 1 heterocycles. The van der Waals surface area contributed by atoms with E-state index >= 15 is 0 Å². The fourth-order valence-electron chi connectivity index (χ4n) is 2.62. The van der Waals surface area contributed by atoms with Gasteiger partial charge in [0.1, 0.15) is 5.75 Å². The number of ether oxygens (including phenoxy) is 2. The molecule has 0 saturated heterocycles. The molecule has 3 aromatic rings. The van der Waals surface area contributed by atoms with Gasteiger partial charge in [0.15, 0.2) is 11.7 Å². The summed E-state index contributed by atoms with van der Waals surface area (Å²) in [6.45, 7) is 5.82. The van der Waals surface area contributed by atoms with Gasteiger partial charge in [-0.2, -0.15) is 0 Å². The number of nitrogens with zero attached hydrogens (tertiary/aromatic N) is 2. The number of hydrogen-bond donors (Lipinski definition) is 0. The lowest BCUT2D eigenvalue weighted by Crippen LogP contribution is -2.34. The summed E-state index contributed by atoms with van der Waals surface area (Å²) in [5.74, 6) is -0.185. The molecule has 1 amide bonds. The van der Waals surface area contributed by atoms with Crippen molar-refractivity contribution in [2.45, 2.75) is 26.9 Å². The van der Waals surface area contributed by atoms with Gasteiger partial charge in [0.25, 0.3) is 5.91 Å². The third-order valence-electron chi connectivity index (χ3n) is 3.92. The number of carbonyl (C=O) groups excluding carboxylic acids is 2. The Kier molecular flexibility index (Phi) is 6.26. The summed E-state index contributed by atoms with van der Waals surface area (Å²) in [7, 11) is 0. The first-order valence-electron chi connectivity index (χ1n) is 9.07. The molecule has 0 bridgehead atoms. The smallest absolute Gasteiger partial charge is 0.338 e. The van der Waals surface area contributed by atoms with Gasteiger partial charge in [0.05, 0.1) is 21.9 Å². The number of likely N-dealkylation sites (N-methyl/N-ethyl adjacent to an activating group) is 1. The lowest BCUT2D eigenvalue weighted by molar-refractivity contribution is -0.121. The highest BCUT2D eigenvalue weighted by Gasteiger charge is 2.20. The third kappa shape index (κ3) is 4.67. The molecule has 0 saturated carbocycles. The van der Waals surface area contributed by atoms with E-state index in [4.69, 9.17) is 9.47 Å². The van der Waals surface area contributed by atoms with E-state index in [9.17, 15) is 9.59 Å². The van der Waals surface area contributed by atoms with Gasteiger partial charge in [-0.25, -0.2) is 9.78 Å². The fraction of sp³-hybridized carbons (Fsp3) is 0.286. The molecule has 0 radical (unpaired) electrons. The van der Waals surface area contributed by atoms with Crippen molar-refractivity contribution < 1.29 is 19.1 Å². The highest BCUT2D eigenvalue weighted by molar-refractivity contribution is 7.22. The van der Waals surface area contributed by atoms with E-state index in [0.29, 0.717) is 23.0 Å². The minimum atomic E-state index is -0.551. The second kappa shape index (κ2) is 8.84. The molecule has 146 valence electrons. The predicted octanol–water partition coefficient (Wildman–Crippen LogP) is 4.29. The van der Waals surface area contributed by atoms with Crippen LogP contribution in [0.4, 0.5) is 5.13 Å². The number of esters is 1. The second-order valence-electron chi connectivity index (χ2n) is 6.37. The van der Waals surface area contributed by atoms with Gasteiger partial charge >= 0.3 is 5.97 Å². The zero-order chi connectivity index (χ0) is 20.1. The van der Waals surface area contributed by atoms with Gasteiger partial charge in [0.2, 0.25) is 0 Å². The van der Waals surface area contributed by atoms with Crippen LogP contribution in [0.2, 0.25) is 0 Å². The maximum atomic E-state index is 12.6. The molecule has 1 aromatic heterocycles. The second-order valence-corrected chi connectivity index (χ2v) is 7.38. The van der Waals surface area contributed by atoms with E-state index in [2.05, 4.69) is 4.98 Å². The van der Waals surface area contributed by atoms with Crippen LogP contribution < -0.4 is 9.64 Å². The number of anilines is 1. The van der Waals surface area contributed by atoms with Crippen molar-refractivity contribution in [3.8, 4) is 5.75 Å². The van der Waals surface area contributed by atoms with Crippen LogP contribution in [-0.2, 0) is 9.53 Å². The normalized spacial score (nSPS) is 10.9. The van der Waals surface area contributed by atoms with Crippen molar-refractivity contribution in [2.75, 3.05) is 18.1 Å². The first-order valence-corrected chi connectivity index (χ1v) is 9.89. The summed E-state index contributed by atoms with van der Waals surface area (Å²) in [6.07, 6.45) is 0.0537. The van der Waals surface area contributed by atoms with Crippen LogP contribution in [0, 0.1) is 0 Å². The van der Waals surface area contributed by atoms with Gasteiger partial charge in [-0.1, -0.05) is 23.5 Å². The van der Waals surface area contributed by atoms with Crippen LogP contribution in [0.1, 0.15) is 31.1 Å². The summed E-state index contributed by atoms with van der Waals surface area (Å²) < 4.78 is 11.7. The number of para-hydroxylation sites is 1. The van der Waals surface area contributed by atoms with Crippen LogP contribution in [0.5, 0.6) is 5.75 Å². The van der Waals surface area contributed by atoms with Gasteiger partial charge in [0, 0.05) is 6.54 Å². The van der Waals surface area contributed by atoms with Gasteiger partial charge < -0.3 is 9.47 Å². The number of rotatable bonds is 7. The molecule has 0 aliphatic heterocycles. The molecule has 3 rings (SSSR count). The molecule has 28 heavy (non-hydrogen) atoms. The van der Waals surface area contributed by atoms with Gasteiger partial charge in [-0.15, -0.1) is 0 Å². The van der Waals surface area contributed by atoms with E-state index in [0.717, 1.165) is 10.2 Å². The number of hydrogen-bond acceptors (Lipinski definition) is 6. The Balaban J connectivity index is 1.62. The first-order chi connectivity index (χ1) is 13.5. The summed E-state index contributed by atoms with van der Waals surface area (Å²) in [6, 6.07) is 14.4. The standard InChI is InChI=1S/C21H22N2O4S/c1-4-23(21-22-17-7-5-6-8-18(17)28-21)19(24)13-26-20(25)15-9-11-16(12-10-15)27-14(2)3/h5-12,14H,4,13H2,1-3H3. The Hall–Kier alpha value is -2.93. The number of benzene rings is 2. The van der Waals surface area contributed by atoms with Crippen LogP contribution >= 0.6 is 11.3 Å². The zero-order valence-electron chi connectivity index (χ0n) is 16.0. The Bertz CT molecular complexity index is 933. The van der Waals surface area contributed by atoms with Crippen molar-refractivity contribution in [1.82, 2.24) is 4.98 Å². The zero-order valence-corrected chi connectivity index (χ0v) is 16.9. The minimum absolute atomic E-state index is 0.0537. The van der Waals surface area contributed by atoms with Crippen molar-refractivity contribution in [2.24, 2.45) is 0 Å². The topological polar surface area (TPSA) is 68.7 Å². The highest BCUT2D eigenvalue weighted by atomic mass is 32.1. The van der Waals surface area contributed by atoms with E-state index in [1.54, 1.807) is 24.3 Å². The average molecular weight is 398 g/mol. The largest absolute Gasteiger partial charge is 0.491 e. The molecule has 2 aromatic carbocycles. The lowest BCUT2D eigenvalue weighted by Gasteiger charge is -2.17. The van der Waals surface area contributed by atoms with Crippen molar-refractivity contribution >= 4 is 38.6 Å². The van der Waals surface area contributed by atoms with Crippen molar-refractivity contribution in [1.29, 1.82) is 0 Å². The van der Waals surface area contributed by atoms with E-state index in [1.807, 2.05) is 45.0 Å². The molecule has 0 aliphatic rings. The monoisotopic (exact) mass is 398 g/mol. The third-order valence-corrected chi connectivity index (χ3v) is 4.98. The van der Waals surface area contributed by atoms with Gasteiger partial charge in [-0.3, -0.25) is 9.69 Å². The average Bonchev–Trinajstić information content (AvgIpc) is 3.10. The summed E-state index contributed by atoms with van der Waals surface area (Å²) >= 11 is 1.43. The van der Waals surface area contributed by atoms with E-state index in [1.165, 1.54) is 16.2 Å². The summed E-state index contributed by atoms with van der Waals surface area (Å²) in [4.78, 5) is 30.8. The molecule has 7 heteroatoms. The molecule has 0 aliphatic carbocycles. The Morgan fingerprint density at radius 2 is 1.82 bits per heavy atom. The summed E-state index contributed by atoms with van der Waals surface area (Å²) in [5, 5.41) is 0.597. The molecule has 0 fully saturated rings. The number of thiazole rings is 1. The molecular formula is C21H22N2O4S. The highest BCUT2D eigenvalue weighted by Crippen LogP contribution is 2.28. The number of fused-ring (bicyclic) bond motifs is 1. The van der Waals surface area contributed by atoms with E-state index < -0.39 is 5.97 Å². The molecule has 6 nitrogen and oxygen atoms in total. The predicted molar refractivity (Wildman–Crippen MR) is 110 cm³/mol. The maximum Gasteiger partial charge on any atom is 0.338 e.